The van der Waals surface area contributed by atoms with E-state index in [2.05, 4.69) is 9.71 Å². The summed E-state index contributed by atoms with van der Waals surface area (Å²) in [6.07, 6.45) is 3.47. The standard InChI is InChI=1S/C19H21N3O2S/c1-14-9-10-15(2)17(13-14)25(23,24)21-18(16-7-5-4-6-8-16)19-20-11-12-22(19)3/h4-13,18,21H,1-3H3. The van der Waals surface area contributed by atoms with Crippen molar-refractivity contribution < 1.29 is 8.42 Å². The van der Waals surface area contributed by atoms with Gasteiger partial charge in [-0.15, -0.1) is 0 Å². The zero-order chi connectivity index (χ0) is 18.0. The Morgan fingerprint density at radius 3 is 2.44 bits per heavy atom. The smallest absolute Gasteiger partial charge is 0.241 e. The molecule has 0 radical (unpaired) electrons. The van der Waals surface area contributed by atoms with Crippen molar-refractivity contribution in [1.29, 1.82) is 0 Å². The van der Waals surface area contributed by atoms with E-state index in [0.29, 0.717) is 16.3 Å². The van der Waals surface area contributed by atoms with Gasteiger partial charge in [0, 0.05) is 19.4 Å². The molecule has 2 aromatic carbocycles. The zero-order valence-corrected chi connectivity index (χ0v) is 15.3. The summed E-state index contributed by atoms with van der Waals surface area (Å²) in [4.78, 5) is 4.64. The summed E-state index contributed by atoms with van der Waals surface area (Å²) in [5.41, 5.74) is 2.45. The van der Waals surface area contributed by atoms with Gasteiger partial charge in [-0.05, 0) is 36.6 Å². The Kier molecular flexibility index (Phi) is 4.74. The third kappa shape index (κ3) is 3.65. The van der Waals surface area contributed by atoms with Crippen LogP contribution in [0.2, 0.25) is 0 Å². The van der Waals surface area contributed by atoms with Crippen molar-refractivity contribution in [3.05, 3.63) is 83.4 Å². The quantitative estimate of drug-likeness (QED) is 0.765. The number of hydrogen-bond acceptors (Lipinski definition) is 3. The second kappa shape index (κ2) is 6.82. The lowest BCUT2D eigenvalue weighted by molar-refractivity contribution is 0.562. The van der Waals surface area contributed by atoms with Gasteiger partial charge in [0.15, 0.2) is 0 Å². The third-order valence-corrected chi connectivity index (χ3v) is 5.72. The molecule has 0 aliphatic carbocycles. The minimum absolute atomic E-state index is 0.294. The normalized spacial score (nSPS) is 12.9. The van der Waals surface area contributed by atoms with Gasteiger partial charge in [-0.3, -0.25) is 0 Å². The molecule has 0 bridgehead atoms. The lowest BCUT2D eigenvalue weighted by Crippen LogP contribution is -2.31. The van der Waals surface area contributed by atoms with Gasteiger partial charge >= 0.3 is 0 Å². The minimum atomic E-state index is -3.71. The van der Waals surface area contributed by atoms with Crippen LogP contribution in [0, 0.1) is 13.8 Å². The van der Waals surface area contributed by atoms with Crippen LogP contribution < -0.4 is 4.72 Å². The summed E-state index contributed by atoms with van der Waals surface area (Å²) >= 11 is 0. The predicted octanol–water partition coefficient (Wildman–Crippen LogP) is 3.10. The molecule has 3 aromatic rings. The maximum absolute atomic E-state index is 13.0. The molecule has 0 amide bonds. The summed E-state index contributed by atoms with van der Waals surface area (Å²) in [6, 6.07) is 14.3. The maximum Gasteiger partial charge on any atom is 0.241 e. The first-order valence-electron chi connectivity index (χ1n) is 8.00. The largest absolute Gasteiger partial charge is 0.336 e. The number of hydrogen-bond donors (Lipinski definition) is 1. The van der Waals surface area contributed by atoms with Gasteiger partial charge in [-0.2, -0.15) is 4.72 Å². The second-order valence-corrected chi connectivity index (χ2v) is 7.81. The first-order valence-corrected chi connectivity index (χ1v) is 9.48. The molecule has 3 rings (SSSR count). The average Bonchev–Trinajstić information content (AvgIpc) is 3.01. The molecular weight excluding hydrogens is 334 g/mol. The molecule has 1 N–H and O–H groups in total. The molecule has 0 saturated carbocycles. The van der Waals surface area contributed by atoms with Crippen molar-refractivity contribution in [2.24, 2.45) is 7.05 Å². The van der Waals surface area contributed by atoms with Gasteiger partial charge in [0.1, 0.15) is 11.9 Å². The van der Waals surface area contributed by atoms with Crippen LogP contribution in [-0.2, 0) is 17.1 Å². The molecule has 0 saturated heterocycles. The summed E-state index contributed by atoms with van der Waals surface area (Å²) < 4.78 is 30.7. The fraction of sp³-hybridized carbons (Fsp3) is 0.211. The topological polar surface area (TPSA) is 64.0 Å². The van der Waals surface area contributed by atoms with Crippen molar-refractivity contribution >= 4 is 10.0 Å². The van der Waals surface area contributed by atoms with Gasteiger partial charge in [0.25, 0.3) is 0 Å². The van der Waals surface area contributed by atoms with E-state index in [0.717, 1.165) is 11.1 Å². The Bertz CT molecular complexity index is 979. The molecule has 1 unspecified atom stereocenters. The molecule has 0 aliphatic heterocycles. The van der Waals surface area contributed by atoms with Crippen LogP contribution >= 0.6 is 0 Å². The zero-order valence-electron chi connectivity index (χ0n) is 14.5. The van der Waals surface area contributed by atoms with E-state index >= 15 is 0 Å². The van der Waals surface area contributed by atoms with E-state index in [4.69, 9.17) is 0 Å². The van der Waals surface area contributed by atoms with Crippen molar-refractivity contribution in [3.8, 4) is 0 Å². The number of nitrogens with one attached hydrogen (secondary N) is 1. The highest BCUT2D eigenvalue weighted by molar-refractivity contribution is 7.89. The van der Waals surface area contributed by atoms with E-state index in [9.17, 15) is 8.42 Å². The van der Waals surface area contributed by atoms with Crippen LogP contribution in [0.25, 0.3) is 0 Å². The van der Waals surface area contributed by atoms with E-state index in [1.807, 2.05) is 61.0 Å². The highest BCUT2D eigenvalue weighted by atomic mass is 32.2. The monoisotopic (exact) mass is 355 g/mol. The fourth-order valence-electron chi connectivity index (χ4n) is 2.79. The summed E-state index contributed by atoms with van der Waals surface area (Å²) in [5.74, 6) is 0.639. The first-order chi connectivity index (χ1) is 11.9. The summed E-state index contributed by atoms with van der Waals surface area (Å²) in [7, 11) is -1.86. The van der Waals surface area contributed by atoms with Crippen LogP contribution in [0.4, 0.5) is 0 Å². The van der Waals surface area contributed by atoms with Gasteiger partial charge in [-0.25, -0.2) is 13.4 Å². The first kappa shape index (κ1) is 17.4. The molecule has 0 spiro atoms. The van der Waals surface area contributed by atoms with E-state index in [1.54, 1.807) is 25.4 Å². The summed E-state index contributed by atoms with van der Waals surface area (Å²) in [5, 5.41) is 0. The number of aromatic nitrogens is 2. The van der Waals surface area contributed by atoms with Gasteiger partial charge < -0.3 is 4.57 Å². The van der Waals surface area contributed by atoms with Gasteiger partial charge in [0.2, 0.25) is 10.0 Å². The van der Waals surface area contributed by atoms with Crippen molar-refractivity contribution in [2.45, 2.75) is 24.8 Å². The number of benzene rings is 2. The van der Waals surface area contributed by atoms with Gasteiger partial charge in [-0.1, -0.05) is 42.5 Å². The highest BCUT2D eigenvalue weighted by Gasteiger charge is 2.26. The molecule has 25 heavy (non-hydrogen) atoms. The lowest BCUT2D eigenvalue weighted by atomic mass is 10.1. The summed E-state index contributed by atoms with van der Waals surface area (Å²) in [6.45, 7) is 3.68. The Morgan fingerprint density at radius 2 is 1.80 bits per heavy atom. The van der Waals surface area contributed by atoms with Crippen molar-refractivity contribution in [2.75, 3.05) is 0 Å². The second-order valence-electron chi connectivity index (χ2n) is 6.13. The van der Waals surface area contributed by atoms with Crippen LogP contribution in [0.5, 0.6) is 0 Å². The van der Waals surface area contributed by atoms with Crippen molar-refractivity contribution in [1.82, 2.24) is 14.3 Å². The Balaban J connectivity index is 2.06. The number of rotatable bonds is 5. The van der Waals surface area contributed by atoms with Crippen LogP contribution in [-0.4, -0.2) is 18.0 Å². The Labute approximate surface area is 148 Å². The molecular formula is C19H21N3O2S. The SMILES string of the molecule is Cc1ccc(C)c(S(=O)(=O)NC(c2ccccc2)c2nccn2C)c1. The van der Waals surface area contributed by atoms with Crippen LogP contribution in [0.1, 0.15) is 28.6 Å². The molecule has 5 nitrogen and oxygen atoms in total. The highest BCUT2D eigenvalue weighted by Crippen LogP contribution is 2.24. The number of aryl methyl sites for hydroxylation is 3. The third-order valence-electron chi connectivity index (χ3n) is 4.16. The number of imidazole rings is 1. The Morgan fingerprint density at radius 1 is 1.08 bits per heavy atom. The molecule has 1 atom stereocenters. The number of sulfonamides is 1. The fourth-order valence-corrected chi connectivity index (χ4v) is 4.30. The minimum Gasteiger partial charge on any atom is -0.336 e. The molecule has 0 fully saturated rings. The van der Waals surface area contributed by atoms with E-state index in [-0.39, 0.29) is 0 Å². The Hall–Kier alpha value is -2.44. The lowest BCUT2D eigenvalue weighted by Gasteiger charge is -2.20. The van der Waals surface area contributed by atoms with Gasteiger partial charge in [0.05, 0.1) is 4.90 Å². The van der Waals surface area contributed by atoms with Crippen molar-refractivity contribution in [3.63, 3.8) is 0 Å². The molecule has 6 heteroatoms. The van der Waals surface area contributed by atoms with E-state index < -0.39 is 16.1 Å². The number of nitrogens with zero attached hydrogens (tertiary/aromatic N) is 2. The predicted molar refractivity (Wildman–Crippen MR) is 97.7 cm³/mol. The molecule has 130 valence electrons. The maximum atomic E-state index is 13.0. The molecule has 1 heterocycles. The van der Waals surface area contributed by atoms with Crippen LogP contribution in [0.15, 0.2) is 65.8 Å². The van der Waals surface area contributed by atoms with Crippen LogP contribution in [0.3, 0.4) is 0 Å². The van der Waals surface area contributed by atoms with E-state index in [1.165, 1.54) is 0 Å². The average molecular weight is 355 g/mol. The molecule has 1 aromatic heterocycles. The molecule has 0 aliphatic rings.